The van der Waals surface area contributed by atoms with Crippen molar-refractivity contribution in [3.8, 4) is 0 Å². The zero-order valence-electron chi connectivity index (χ0n) is 14.2. The van der Waals surface area contributed by atoms with Crippen LogP contribution in [0.3, 0.4) is 0 Å². The van der Waals surface area contributed by atoms with Crippen LogP contribution < -0.4 is 10.6 Å². The molecule has 0 aliphatic carbocycles. The van der Waals surface area contributed by atoms with Crippen molar-refractivity contribution in [3.05, 3.63) is 0 Å². The number of carboxylic acid groups (broad SMARTS) is 1. The van der Waals surface area contributed by atoms with Gasteiger partial charge in [0.15, 0.2) is 5.12 Å². The Morgan fingerprint density at radius 3 is 2.24 bits per heavy atom. The minimum absolute atomic E-state index is 0.0199. The molecule has 0 aromatic rings. The first kappa shape index (κ1) is 23.2. The minimum Gasteiger partial charge on any atom is -0.480 e. The standard InChI is InChI=1S/C14H22N2O7S2/c1-4-15-14(22)25-7-10(13(20)21)16-12(19)9(5-11(18)23-3)6-24-8(2)17/h9-10H,4-7H2,1-3H3,(H,15,22)(H,16,19)(H,20,21)/t9?,10-/m0/s1. The lowest BCUT2D eigenvalue weighted by molar-refractivity contribution is -0.144. The Bertz CT molecular complexity index is 513. The number of carbonyl (C=O) groups excluding carboxylic acids is 4. The van der Waals surface area contributed by atoms with E-state index in [-0.39, 0.29) is 23.0 Å². The third-order valence-corrected chi connectivity index (χ3v) is 4.70. The maximum Gasteiger partial charge on any atom is 0.327 e. The van der Waals surface area contributed by atoms with Crippen molar-refractivity contribution in [1.82, 2.24) is 10.6 Å². The van der Waals surface area contributed by atoms with Crippen LogP contribution >= 0.6 is 23.5 Å². The molecule has 0 aliphatic rings. The zero-order valence-corrected chi connectivity index (χ0v) is 15.8. The second kappa shape index (κ2) is 12.6. The SMILES string of the molecule is CCNC(=O)SC[C@H](NC(=O)C(CSC(C)=O)CC(=O)OC)C(=O)O. The van der Waals surface area contributed by atoms with E-state index in [9.17, 15) is 29.1 Å². The number of carbonyl (C=O) groups is 5. The number of esters is 1. The average Bonchev–Trinajstić information content (AvgIpc) is 2.54. The molecule has 2 amide bonds. The molecule has 0 aliphatic heterocycles. The molecule has 0 bridgehead atoms. The van der Waals surface area contributed by atoms with Crippen LogP contribution in [-0.4, -0.2) is 64.5 Å². The van der Waals surface area contributed by atoms with Gasteiger partial charge in [0.05, 0.1) is 19.4 Å². The Kier molecular flexibility index (Phi) is 11.7. The molecule has 0 radical (unpaired) electrons. The van der Waals surface area contributed by atoms with E-state index < -0.39 is 35.0 Å². The molecular formula is C14H22N2O7S2. The molecule has 0 fully saturated rings. The Labute approximate surface area is 154 Å². The highest BCUT2D eigenvalue weighted by Crippen LogP contribution is 2.15. The number of carboxylic acids is 1. The number of amides is 2. The van der Waals surface area contributed by atoms with Crippen LogP contribution in [0, 0.1) is 5.92 Å². The number of thioether (sulfide) groups is 2. The van der Waals surface area contributed by atoms with Crippen LogP contribution in [0.4, 0.5) is 4.79 Å². The van der Waals surface area contributed by atoms with Gasteiger partial charge in [-0.05, 0) is 6.92 Å². The van der Waals surface area contributed by atoms with Crippen LogP contribution in [0.15, 0.2) is 0 Å². The van der Waals surface area contributed by atoms with Gasteiger partial charge in [-0.1, -0.05) is 23.5 Å². The molecule has 9 nitrogen and oxygen atoms in total. The lowest BCUT2D eigenvalue weighted by atomic mass is 10.1. The van der Waals surface area contributed by atoms with Gasteiger partial charge in [-0.15, -0.1) is 0 Å². The van der Waals surface area contributed by atoms with Crippen LogP contribution in [0.2, 0.25) is 0 Å². The van der Waals surface area contributed by atoms with E-state index in [1.165, 1.54) is 14.0 Å². The second-order valence-electron chi connectivity index (χ2n) is 4.81. The van der Waals surface area contributed by atoms with E-state index in [1.54, 1.807) is 6.92 Å². The van der Waals surface area contributed by atoms with E-state index in [2.05, 4.69) is 15.4 Å². The molecule has 142 valence electrons. The van der Waals surface area contributed by atoms with Crippen molar-refractivity contribution < 1.29 is 33.8 Å². The maximum atomic E-state index is 12.3. The Morgan fingerprint density at radius 1 is 1.12 bits per heavy atom. The second-order valence-corrected chi connectivity index (χ2v) is 7.00. The van der Waals surface area contributed by atoms with Crippen LogP contribution in [0.25, 0.3) is 0 Å². The molecule has 25 heavy (non-hydrogen) atoms. The molecule has 0 spiro atoms. The highest BCUT2D eigenvalue weighted by molar-refractivity contribution is 8.13. The maximum absolute atomic E-state index is 12.3. The summed E-state index contributed by atoms with van der Waals surface area (Å²) in [7, 11) is 1.17. The van der Waals surface area contributed by atoms with E-state index in [0.717, 1.165) is 23.5 Å². The number of ether oxygens (including phenoxy) is 1. The van der Waals surface area contributed by atoms with Gasteiger partial charge in [0, 0.05) is 25.0 Å². The largest absolute Gasteiger partial charge is 0.480 e. The van der Waals surface area contributed by atoms with Crippen molar-refractivity contribution in [2.24, 2.45) is 5.92 Å². The summed E-state index contributed by atoms with van der Waals surface area (Å²) in [5.41, 5.74) is 0. The average molecular weight is 394 g/mol. The van der Waals surface area contributed by atoms with Gasteiger partial charge in [-0.25, -0.2) is 4.79 Å². The number of nitrogens with one attached hydrogen (secondary N) is 2. The van der Waals surface area contributed by atoms with Crippen molar-refractivity contribution in [2.75, 3.05) is 25.2 Å². The minimum atomic E-state index is -1.30. The highest BCUT2D eigenvalue weighted by Gasteiger charge is 2.28. The topological polar surface area (TPSA) is 139 Å². The molecule has 0 heterocycles. The monoisotopic (exact) mass is 394 g/mol. The summed E-state index contributed by atoms with van der Waals surface area (Å²) >= 11 is 1.59. The van der Waals surface area contributed by atoms with E-state index in [1.807, 2.05) is 0 Å². The zero-order chi connectivity index (χ0) is 19.4. The number of hydrogen-bond acceptors (Lipinski definition) is 8. The number of methoxy groups -OCH3 is 1. The van der Waals surface area contributed by atoms with Gasteiger partial charge in [0.2, 0.25) is 5.91 Å². The molecule has 11 heteroatoms. The van der Waals surface area contributed by atoms with E-state index >= 15 is 0 Å². The molecule has 1 unspecified atom stereocenters. The van der Waals surface area contributed by atoms with Gasteiger partial charge in [0.1, 0.15) is 6.04 Å². The Morgan fingerprint density at radius 2 is 1.76 bits per heavy atom. The number of aliphatic carboxylic acids is 1. The molecule has 0 aromatic carbocycles. The fourth-order valence-electron chi connectivity index (χ4n) is 1.55. The van der Waals surface area contributed by atoms with Gasteiger partial charge in [0.25, 0.3) is 5.24 Å². The van der Waals surface area contributed by atoms with Gasteiger partial charge in [-0.2, -0.15) is 0 Å². The first-order valence-corrected chi connectivity index (χ1v) is 9.32. The molecule has 0 aromatic heterocycles. The summed E-state index contributed by atoms with van der Waals surface area (Å²) in [5.74, 6) is -3.71. The summed E-state index contributed by atoms with van der Waals surface area (Å²) in [5, 5.41) is 13.3. The lowest BCUT2D eigenvalue weighted by Crippen LogP contribution is -2.46. The number of hydrogen-bond donors (Lipinski definition) is 3. The molecule has 3 N–H and O–H groups in total. The lowest BCUT2D eigenvalue weighted by Gasteiger charge is -2.19. The van der Waals surface area contributed by atoms with Crippen LogP contribution in [0.5, 0.6) is 0 Å². The summed E-state index contributed by atoms with van der Waals surface area (Å²) in [6, 6.07) is -1.30. The third-order valence-electron chi connectivity index (χ3n) is 2.82. The van der Waals surface area contributed by atoms with E-state index in [0.29, 0.717) is 6.54 Å². The smallest absolute Gasteiger partial charge is 0.327 e. The predicted molar refractivity (Wildman–Crippen MR) is 94.4 cm³/mol. The quantitative estimate of drug-likeness (QED) is 0.451. The van der Waals surface area contributed by atoms with Crippen molar-refractivity contribution in [1.29, 1.82) is 0 Å². The third kappa shape index (κ3) is 10.7. The fourth-order valence-corrected chi connectivity index (χ4v) is 3.04. The summed E-state index contributed by atoms with van der Waals surface area (Å²) in [6.07, 6.45) is -0.279. The molecule has 0 saturated carbocycles. The first-order chi connectivity index (χ1) is 11.7. The van der Waals surface area contributed by atoms with E-state index in [4.69, 9.17) is 0 Å². The summed E-state index contributed by atoms with van der Waals surface area (Å²) < 4.78 is 4.51. The highest BCUT2D eigenvalue weighted by atomic mass is 32.2. The molecule has 0 rings (SSSR count). The summed E-state index contributed by atoms with van der Waals surface area (Å²) in [4.78, 5) is 57.4. The van der Waals surface area contributed by atoms with Crippen LogP contribution in [0.1, 0.15) is 20.3 Å². The Hall–Kier alpha value is -1.75. The van der Waals surface area contributed by atoms with Gasteiger partial charge >= 0.3 is 11.9 Å². The van der Waals surface area contributed by atoms with Crippen molar-refractivity contribution >= 4 is 51.7 Å². The van der Waals surface area contributed by atoms with Gasteiger partial charge < -0.3 is 20.5 Å². The number of rotatable bonds is 10. The molecule has 0 saturated heterocycles. The summed E-state index contributed by atoms with van der Waals surface area (Å²) in [6.45, 7) is 3.44. The fraction of sp³-hybridized carbons (Fsp3) is 0.643. The predicted octanol–water partition coefficient (Wildman–Crippen LogP) is 0.478. The Balaban J connectivity index is 4.86. The normalized spacial score (nSPS) is 12.6. The van der Waals surface area contributed by atoms with Crippen LogP contribution in [-0.2, 0) is 23.9 Å². The molecular weight excluding hydrogens is 372 g/mol. The van der Waals surface area contributed by atoms with Crippen molar-refractivity contribution in [3.63, 3.8) is 0 Å². The molecule has 2 atom stereocenters. The van der Waals surface area contributed by atoms with Crippen molar-refractivity contribution in [2.45, 2.75) is 26.3 Å². The van der Waals surface area contributed by atoms with Gasteiger partial charge in [-0.3, -0.25) is 19.2 Å². The first-order valence-electron chi connectivity index (χ1n) is 7.35.